The van der Waals surface area contributed by atoms with Crippen LogP contribution in [-0.4, -0.2) is 53.8 Å². The topological polar surface area (TPSA) is 47.5 Å². The lowest BCUT2D eigenvalue weighted by Crippen LogP contribution is -2.40. The van der Waals surface area contributed by atoms with Crippen LogP contribution in [0.25, 0.3) is 0 Å². The van der Waals surface area contributed by atoms with Gasteiger partial charge in [0.1, 0.15) is 6.10 Å². The Hall–Kier alpha value is -0.720. The Morgan fingerprint density at radius 2 is 2.00 bits per heavy atom. The molecule has 1 aliphatic rings. The van der Waals surface area contributed by atoms with Crippen LogP contribution in [0.4, 0.5) is 0 Å². The second-order valence-electron chi connectivity index (χ2n) is 4.54. The maximum Gasteiger partial charge on any atom is 0.316 e. The van der Waals surface area contributed by atoms with Crippen molar-refractivity contribution in [2.75, 3.05) is 32.8 Å². The second kappa shape index (κ2) is 7.77. The van der Waals surface area contributed by atoms with Crippen LogP contribution >= 0.6 is 15.9 Å². The first-order valence-corrected chi connectivity index (χ1v) is 7.51. The van der Waals surface area contributed by atoms with E-state index in [-0.39, 0.29) is 6.10 Å². The number of piperidine rings is 1. The first-order valence-electron chi connectivity index (χ1n) is 6.72. The summed E-state index contributed by atoms with van der Waals surface area (Å²) in [6.45, 7) is 6.74. The van der Waals surface area contributed by atoms with Crippen LogP contribution in [0.15, 0.2) is 16.9 Å². The molecule has 19 heavy (non-hydrogen) atoms. The van der Waals surface area contributed by atoms with E-state index in [1.54, 1.807) is 12.4 Å². The largest absolute Gasteiger partial charge is 0.460 e. The van der Waals surface area contributed by atoms with Crippen molar-refractivity contribution >= 4 is 15.9 Å². The van der Waals surface area contributed by atoms with E-state index in [1.165, 1.54) is 0 Å². The highest BCUT2D eigenvalue weighted by Crippen LogP contribution is 2.16. The van der Waals surface area contributed by atoms with E-state index in [9.17, 15) is 0 Å². The molecule has 0 unspecified atom stereocenters. The Labute approximate surface area is 122 Å². The van der Waals surface area contributed by atoms with Crippen molar-refractivity contribution in [2.24, 2.45) is 0 Å². The highest BCUT2D eigenvalue weighted by molar-refractivity contribution is 9.10. The van der Waals surface area contributed by atoms with Gasteiger partial charge < -0.3 is 14.4 Å². The van der Waals surface area contributed by atoms with Crippen molar-refractivity contribution in [1.29, 1.82) is 0 Å². The zero-order valence-electron chi connectivity index (χ0n) is 11.2. The minimum Gasteiger partial charge on any atom is -0.460 e. The summed E-state index contributed by atoms with van der Waals surface area (Å²) in [5.74, 6) is 0. The molecule has 0 bridgehead atoms. The first-order chi connectivity index (χ1) is 9.28. The van der Waals surface area contributed by atoms with Crippen molar-refractivity contribution in [2.45, 2.75) is 25.9 Å². The summed E-state index contributed by atoms with van der Waals surface area (Å²) in [6.07, 6.45) is 5.68. The van der Waals surface area contributed by atoms with E-state index in [0.29, 0.717) is 6.01 Å². The van der Waals surface area contributed by atoms with Gasteiger partial charge in [-0.1, -0.05) is 0 Å². The van der Waals surface area contributed by atoms with E-state index in [2.05, 4.69) is 30.8 Å². The third-order valence-electron chi connectivity index (χ3n) is 3.16. The number of ether oxygens (including phenoxy) is 2. The van der Waals surface area contributed by atoms with Gasteiger partial charge in [0.05, 0.1) is 11.1 Å². The molecule has 6 heteroatoms. The smallest absolute Gasteiger partial charge is 0.316 e. The summed E-state index contributed by atoms with van der Waals surface area (Å²) in [4.78, 5) is 10.7. The number of hydrogen-bond donors (Lipinski definition) is 0. The van der Waals surface area contributed by atoms with Crippen LogP contribution in [0.3, 0.4) is 0 Å². The van der Waals surface area contributed by atoms with Crippen LogP contribution < -0.4 is 4.74 Å². The molecule has 0 spiro atoms. The summed E-state index contributed by atoms with van der Waals surface area (Å²) in [5, 5.41) is 0. The summed E-state index contributed by atoms with van der Waals surface area (Å²) in [5.41, 5.74) is 0. The lowest BCUT2D eigenvalue weighted by Gasteiger charge is -2.31. The van der Waals surface area contributed by atoms with Crippen molar-refractivity contribution in [1.82, 2.24) is 14.9 Å². The van der Waals surface area contributed by atoms with Crippen molar-refractivity contribution in [3.8, 4) is 6.01 Å². The molecule has 2 heterocycles. The van der Waals surface area contributed by atoms with Gasteiger partial charge in [0, 0.05) is 38.6 Å². The van der Waals surface area contributed by atoms with E-state index in [4.69, 9.17) is 9.47 Å². The lowest BCUT2D eigenvalue weighted by molar-refractivity contribution is 0.0651. The molecule has 1 aromatic heterocycles. The molecule has 1 aromatic rings. The molecule has 5 nitrogen and oxygen atoms in total. The first kappa shape index (κ1) is 14.7. The third kappa shape index (κ3) is 5.04. The normalized spacial score (nSPS) is 17.6. The molecule has 0 saturated carbocycles. The predicted molar refractivity (Wildman–Crippen MR) is 76.3 cm³/mol. The number of nitrogens with zero attached hydrogens (tertiary/aromatic N) is 3. The molecule has 0 aliphatic carbocycles. The van der Waals surface area contributed by atoms with E-state index < -0.39 is 0 Å². The number of likely N-dealkylation sites (tertiary alicyclic amines) is 1. The standard InChI is InChI=1S/C13H20BrN3O2/c1-2-18-8-7-17-5-3-12(4-6-17)19-13-15-9-11(14)10-16-13/h9-10,12H,2-8H2,1H3. The summed E-state index contributed by atoms with van der Waals surface area (Å²) in [7, 11) is 0. The van der Waals surface area contributed by atoms with Gasteiger partial charge in [-0.3, -0.25) is 0 Å². The molecule has 1 saturated heterocycles. The van der Waals surface area contributed by atoms with Crippen LogP contribution in [0, 0.1) is 0 Å². The van der Waals surface area contributed by atoms with Crippen LogP contribution in [0.1, 0.15) is 19.8 Å². The summed E-state index contributed by atoms with van der Waals surface area (Å²) >= 11 is 3.31. The van der Waals surface area contributed by atoms with Gasteiger partial charge in [-0.2, -0.15) is 0 Å². The fourth-order valence-electron chi connectivity index (χ4n) is 2.10. The molecular weight excluding hydrogens is 310 g/mol. The zero-order chi connectivity index (χ0) is 13.5. The SMILES string of the molecule is CCOCCN1CCC(Oc2ncc(Br)cn2)CC1. The minimum absolute atomic E-state index is 0.226. The van der Waals surface area contributed by atoms with E-state index in [0.717, 1.165) is 50.2 Å². The Balaban J connectivity index is 1.69. The quantitative estimate of drug-likeness (QED) is 0.748. The Morgan fingerprint density at radius 3 is 2.63 bits per heavy atom. The second-order valence-corrected chi connectivity index (χ2v) is 5.46. The van der Waals surface area contributed by atoms with Crippen molar-refractivity contribution in [3.05, 3.63) is 16.9 Å². The number of hydrogen-bond acceptors (Lipinski definition) is 5. The average molecular weight is 330 g/mol. The lowest BCUT2D eigenvalue weighted by atomic mass is 10.1. The highest BCUT2D eigenvalue weighted by Gasteiger charge is 2.20. The molecule has 0 N–H and O–H groups in total. The Morgan fingerprint density at radius 1 is 1.32 bits per heavy atom. The van der Waals surface area contributed by atoms with E-state index in [1.807, 2.05) is 6.92 Å². The maximum atomic E-state index is 5.78. The van der Waals surface area contributed by atoms with Gasteiger partial charge in [0.15, 0.2) is 0 Å². The molecule has 106 valence electrons. The van der Waals surface area contributed by atoms with Crippen molar-refractivity contribution < 1.29 is 9.47 Å². The fraction of sp³-hybridized carbons (Fsp3) is 0.692. The molecule has 0 amide bonds. The van der Waals surface area contributed by atoms with Crippen LogP contribution in [0.5, 0.6) is 6.01 Å². The predicted octanol–water partition coefficient (Wildman–Crippen LogP) is 2.12. The number of halogens is 1. The number of rotatable bonds is 6. The van der Waals surface area contributed by atoms with Crippen LogP contribution in [-0.2, 0) is 4.74 Å². The van der Waals surface area contributed by atoms with Gasteiger partial charge in [-0.05, 0) is 35.7 Å². The molecule has 2 rings (SSSR count). The van der Waals surface area contributed by atoms with Crippen molar-refractivity contribution in [3.63, 3.8) is 0 Å². The Kier molecular flexibility index (Phi) is 6.00. The average Bonchev–Trinajstić information content (AvgIpc) is 2.44. The molecule has 1 fully saturated rings. The van der Waals surface area contributed by atoms with Gasteiger partial charge in [0.25, 0.3) is 0 Å². The molecular formula is C13H20BrN3O2. The Bertz CT molecular complexity index is 367. The van der Waals surface area contributed by atoms with Gasteiger partial charge in [-0.15, -0.1) is 0 Å². The zero-order valence-corrected chi connectivity index (χ0v) is 12.8. The molecule has 1 aliphatic heterocycles. The summed E-state index contributed by atoms with van der Waals surface area (Å²) in [6, 6.07) is 0.468. The number of aromatic nitrogens is 2. The van der Waals surface area contributed by atoms with E-state index >= 15 is 0 Å². The fourth-order valence-corrected chi connectivity index (χ4v) is 2.30. The third-order valence-corrected chi connectivity index (χ3v) is 3.57. The highest BCUT2D eigenvalue weighted by atomic mass is 79.9. The molecule has 0 aromatic carbocycles. The monoisotopic (exact) mass is 329 g/mol. The summed E-state index contributed by atoms with van der Waals surface area (Å²) < 4.78 is 12.0. The van der Waals surface area contributed by atoms with Gasteiger partial charge in [0.2, 0.25) is 0 Å². The molecule has 0 radical (unpaired) electrons. The van der Waals surface area contributed by atoms with Crippen LogP contribution in [0.2, 0.25) is 0 Å². The molecule has 0 atom stereocenters. The maximum absolute atomic E-state index is 5.78. The van der Waals surface area contributed by atoms with Gasteiger partial charge >= 0.3 is 6.01 Å². The van der Waals surface area contributed by atoms with Gasteiger partial charge in [-0.25, -0.2) is 9.97 Å². The minimum atomic E-state index is 0.226.